The van der Waals surface area contributed by atoms with Crippen molar-refractivity contribution in [2.45, 2.75) is 13.5 Å². The number of ether oxygens (including phenoxy) is 2. The summed E-state index contributed by atoms with van der Waals surface area (Å²) in [5.74, 6) is -0.398. The third-order valence-electron chi connectivity index (χ3n) is 4.09. The number of hydrazone groups is 1. The number of amides is 1. The molecule has 0 radical (unpaired) electrons. The van der Waals surface area contributed by atoms with E-state index in [-0.39, 0.29) is 5.56 Å². The number of benzene rings is 3. The van der Waals surface area contributed by atoms with Gasteiger partial charge in [-0.2, -0.15) is 5.10 Å². The number of carbonyl (C=O) groups excluding carboxylic acids is 1. The van der Waals surface area contributed by atoms with E-state index < -0.39 is 17.5 Å². The van der Waals surface area contributed by atoms with E-state index in [9.17, 15) is 13.6 Å². The average molecular weight is 410 g/mol. The van der Waals surface area contributed by atoms with E-state index in [1.807, 2.05) is 31.2 Å². The Labute approximate surface area is 173 Å². The van der Waals surface area contributed by atoms with Gasteiger partial charge in [0.05, 0.1) is 12.8 Å². The first-order chi connectivity index (χ1) is 14.5. The maximum absolute atomic E-state index is 13.5. The van der Waals surface area contributed by atoms with Crippen molar-refractivity contribution in [3.63, 3.8) is 0 Å². The molecule has 1 amide bonds. The topological polar surface area (TPSA) is 59.9 Å². The minimum atomic E-state index is -0.759. The Morgan fingerprint density at radius 3 is 2.27 bits per heavy atom. The van der Waals surface area contributed by atoms with Gasteiger partial charge in [-0.1, -0.05) is 12.1 Å². The largest absolute Gasteiger partial charge is 0.494 e. The van der Waals surface area contributed by atoms with Crippen LogP contribution in [-0.4, -0.2) is 18.7 Å². The van der Waals surface area contributed by atoms with Gasteiger partial charge in [0.1, 0.15) is 29.7 Å². The van der Waals surface area contributed by atoms with Crippen LogP contribution in [0.1, 0.15) is 28.4 Å². The van der Waals surface area contributed by atoms with Crippen molar-refractivity contribution in [1.82, 2.24) is 5.43 Å². The molecule has 0 unspecified atom stereocenters. The van der Waals surface area contributed by atoms with Gasteiger partial charge >= 0.3 is 0 Å². The van der Waals surface area contributed by atoms with E-state index in [1.54, 1.807) is 24.3 Å². The fourth-order valence-electron chi connectivity index (χ4n) is 2.55. The summed E-state index contributed by atoms with van der Waals surface area (Å²) in [7, 11) is 0. The Balaban J connectivity index is 1.51. The molecule has 0 aliphatic heterocycles. The van der Waals surface area contributed by atoms with E-state index in [1.165, 1.54) is 6.07 Å². The summed E-state index contributed by atoms with van der Waals surface area (Å²) in [6, 6.07) is 17.2. The zero-order valence-corrected chi connectivity index (χ0v) is 16.3. The van der Waals surface area contributed by atoms with Gasteiger partial charge in [-0.05, 0) is 61.0 Å². The third kappa shape index (κ3) is 5.88. The summed E-state index contributed by atoms with van der Waals surface area (Å²) >= 11 is 0. The lowest BCUT2D eigenvalue weighted by atomic mass is 10.1. The predicted molar refractivity (Wildman–Crippen MR) is 110 cm³/mol. The molecule has 3 aromatic rings. The predicted octanol–water partition coefficient (Wildman–Crippen LogP) is 4.71. The second-order valence-electron chi connectivity index (χ2n) is 6.25. The molecule has 1 N–H and O–H groups in total. The quantitative estimate of drug-likeness (QED) is 0.432. The molecular weight excluding hydrogens is 390 g/mol. The highest BCUT2D eigenvalue weighted by atomic mass is 19.1. The van der Waals surface area contributed by atoms with Crippen molar-refractivity contribution < 1.29 is 23.0 Å². The van der Waals surface area contributed by atoms with Crippen LogP contribution < -0.4 is 14.9 Å². The first kappa shape index (κ1) is 21.0. The minimum Gasteiger partial charge on any atom is -0.494 e. The van der Waals surface area contributed by atoms with Gasteiger partial charge in [0.2, 0.25) is 0 Å². The van der Waals surface area contributed by atoms with E-state index in [2.05, 4.69) is 10.5 Å². The molecule has 0 saturated heterocycles. The number of nitrogens with zero attached hydrogens (tertiary/aromatic N) is 1. The highest BCUT2D eigenvalue weighted by Gasteiger charge is 2.06. The fourth-order valence-corrected chi connectivity index (χ4v) is 2.55. The summed E-state index contributed by atoms with van der Waals surface area (Å²) in [6.45, 7) is 2.87. The van der Waals surface area contributed by atoms with Gasteiger partial charge in [-0.15, -0.1) is 0 Å². The van der Waals surface area contributed by atoms with Gasteiger partial charge in [0, 0.05) is 17.2 Å². The Morgan fingerprint density at radius 2 is 1.63 bits per heavy atom. The monoisotopic (exact) mass is 410 g/mol. The lowest BCUT2D eigenvalue weighted by Crippen LogP contribution is -2.17. The van der Waals surface area contributed by atoms with Crippen molar-refractivity contribution in [3.8, 4) is 11.5 Å². The second kappa shape index (κ2) is 10.2. The molecular formula is C23H20F2N2O3. The van der Waals surface area contributed by atoms with E-state index >= 15 is 0 Å². The van der Waals surface area contributed by atoms with Crippen LogP contribution in [0.5, 0.6) is 11.5 Å². The molecule has 0 saturated carbocycles. The molecule has 154 valence electrons. The smallest absolute Gasteiger partial charge is 0.271 e. The van der Waals surface area contributed by atoms with Crippen LogP contribution in [0.25, 0.3) is 0 Å². The fraction of sp³-hybridized carbons (Fsp3) is 0.130. The first-order valence-corrected chi connectivity index (χ1v) is 9.28. The maximum atomic E-state index is 13.5. The Morgan fingerprint density at radius 1 is 0.967 bits per heavy atom. The van der Waals surface area contributed by atoms with Crippen LogP contribution in [0.4, 0.5) is 8.78 Å². The van der Waals surface area contributed by atoms with E-state index in [0.29, 0.717) is 24.5 Å². The van der Waals surface area contributed by atoms with E-state index in [4.69, 9.17) is 9.47 Å². The van der Waals surface area contributed by atoms with E-state index in [0.717, 1.165) is 29.7 Å². The van der Waals surface area contributed by atoms with Crippen LogP contribution in [0.15, 0.2) is 71.8 Å². The number of rotatable bonds is 8. The third-order valence-corrected chi connectivity index (χ3v) is 4.09. The summed E-state index contributed by atoms with van der Waals surface area (Å²) in [5.41, 5.74) is 3.65. The molecule has 0 heterocycles. The molecule has 3 aromatic carbocycles. The molecule has 0 fully saturated rings. The highest BCUT2D eigenvalue weighted by Crippen LogP contribution is 2.19. The summed E-state index contributed by atoms with van der Waals surface area (Å²) < 4.78 is 37.5. The van der Waals surface area contributed by atoms with Crippen LogP contribution in [0, 0.1) is 11.6 Å². The molecule has 0 bridgehead atoms. The summed E-state index contributed by atoms with van der Waals surface area (Å²) in [5, 5.41) is 3.71. The van der Waals surface area contributed by atoms with Gasteiger partial charge in [0.15, 0.2) is 0 Å². The van der Waals surface area contributed by atoms with Gasteiger partial charge < -0.3 is 9.47 Å². The Hall–Kier alpha value is -3.74. The van der Waals surface area contributed by atoms with Gasteiger partial charge in [-0.25, -0.2) is 14.2 Å². The van der Waals surface area contributed by atoms with Crippen molar-refractivity contribution in [2.24, 2.45) is 5.10 Å². The zero-order valence-electron chi connectivity index (χ0n) is 16.3. The highest BCUT2D eigenvalue weighted by molar-refractivity contribution is 5.94. The number of hydrogen-bond donors (Lipinski definition) is 1. The van der Waals surface area contributed by atoms with Crippen molar-refractivity contribution in [3.05, 3.63) is 95.1 Å². The van der Waals surface area contributed by atoms with Gasteiger partial charge in [-0.3, -0.25) is 4.79 Å². The number of carbonyl (C=O) groups is 1. The molecule has 7 heteroatoms. The van der Waals surface area contributed by atoms with Crippen LogP contribution in [0.3, 0.4) is 0 Å². The van der Waals surface area contributed by atoms with Crippen LogP contribution in [0.2, 0.25) is 0 Å². The Kier molecular flexibility index (Phi) is 7.10. The molecule has 5 nitrogen and oxygen atoms in total. The van der Waals surface area contributed by atoms with Crippen molar-refractivity contribution in [1.29, 1.82) is 0 Å². The second-order valence-corrected chi connectivity index (χ2v) is 6.25. The molecule has 0 aliphatic rings. The zero-order chi connectivity index (χ0) is 21.3. The molecule has 30 heavy (non-hydrogen) atoms. The maximum Gasteiger partial charge on any atom is 0.271 e. The van der Waals surface area contributed by atoms with Crippen LogP contribution >= 0.6 is 0 Å². The first-order valence-electron chi connectivity index (χ1n) is 9.28. The summed E-state index contributed by atoms with van der Waals surface area (Å²) in [6.07, 6.45) is 1.12. The molecule has 0 atom stereocenters. The average Bonchev–Trinajstić information content (AvgIpc) is 2.75. The number of nitrogens with one attached hydrogen (secondary N) is 1. The van der Waals surface area contributed by atoms with Crippen LogP contribution in [-0.2, 0) is 6.61 Å². The number of hydrogen-bond acceptors (Lipinski definition) is 4. The standard InChI is InChI=1S/C23H20F2N2O3/c1-2-29-20-9-11-21(12-10-20)30-15-16-3-5-17(6-4-16)23(28)27-26-14-18-7-8-19(24)13-22(18)25/h3-14H,2,15H2,1H3,(H,27,28)/b26-14-. The van der Waals surface area contributed by atoms with Gasteiger partial charge in [0.25, 0.3) is 5.91 Å². The van der Waals surface area contributed by atoms with Crippen molar-refractivity contribution in [2.75, 3.05) is 6.61 Å². The minimum absolute atomic E-state index is 0.0680. The lowest BCUT2D eigenvalue weighted by molar-refractivity contribution is 0.0955. The lowest BCUT2D eigenvalue weighted by Gasteiger charge is -2.08. The molecule has 3 rings (SSSR count). The SMILES string of the molecule is CCOc1ccc(OCc2ccc(C(=O)N/N=C\c3ccc(F)cc3F)cc2)cc1. The molecule has 0 aliphatic carbocycles. The molecule has 0 spiro atoms. The summed E-state index contributed by atoms with van der Waals surface area (Å²) in [4.78, 5) is 12.1. The Bertz CT molecular complexity index is 1020. The van der Waals surface area contributed by atoms with Crippen molar-refractivity contribution >= 4 is 12.1 Å². The number of halogens is 2. The molecule has 0 aromatic heterocycles. The normalized spacial score (nSPS) is 10.8.